The molecule has 2 N–H and O–H groups in total. The number of aromatic nitrogens is 4. The smallest absolute Gasteiger partial charge is 0.283 e. The summed E-state index contributed by atoms with van der Waals surface area (Å²) < 4.78 is 31.6. The monoisotopic (exact) mass is 518 g/mol. The van der Waals surface area contributed by atoms with E-state index in [1.54, 1.807) is 24.3 Å². The molecule has 0 unspecified atom stereocenters. The van der Waals surface area contributed by atoms with Gasteiger partial charge in [-0.25, -0.2) is 13.8 Å². The molecule has 1 amide bonds. The molecule has 10 nitrogen and oxygen atoms in total. The topological polar surface area (TPSA) is 108 Å². The Balaban J connectivity index is 1.48. The van der Waals surface area contributed by atoms with Crippen molar-refractivity contribution in [2.45, 2.75) is 0 Å². The molecule has 38 heavy (non-hydrogen) atoms. The first-order valence-electron chi connectivity index (χ1n) is 11.8. The molecular formula is C26H24F2N8O2. The summed E-state index contributed by atoms with van der Waals surface area (Å²) in [4.78, 5) is 40.4. The lowest BCUT2D eigenvalue weighted by molar-refractivity contribution is -0.111. The zero-order valence-corrected chi connectivity index (χ0v) is 20.5. The summed E-state index contributed by atoms with van der Waals surface area (Å²) in [5.41, 5.74) is 0.727. The normalized spacial score (nSPS) is 13.9. The second-order valence-corrected chi connectivity index (χ2v) is 8.77. The lowest BCUT2D eigenvalue weighted by Crippen LogP contribution is -2.44. The first-order chi connectivity index (χ1) is 18.3. The first kappa shape index (κ1) is 25.0. The fourth-order valence-electron chi connectivity index (χ4n) is 4.17. The molecule has 0 aliphatic carbocycles. The highest BCUT2D eigenvalue weighted by Gasteiger charge is 2.22. The first-order valence-corrected chi connectivity index (χ1v) is 11.8. The van der Waals surface area contributed by atoms with Crippen LogP contribution in [0.1, 0.15) is 0 Å². The number of carbonyl (C=O) groups excluding carboxylic acids is 1. The zero-order chi connectivity index (χ0) is 26.8. The number of likely N-dealkylation sites (N-methyl/N-ethyl adjacent to an activating group) is 1. The molecule has 1 aliphatic rings. The van der Waals surface area contributed by atoms with Crippen LogP contribution in [0.4, 0.5) is 31.8 Å². The number of carbonyl (C=O) groups is 1. The van der Waals surface area contributed by atoms with Gasteiger partial charge in [-0.15, -0.1) is 0 Å². The summed E-state index contributed by atoms with van der Waals surface area (Å²) in [5, 5.41) is 5.51. The highest BCUT2D eigenvalue weighted by Crippen LogP contribution is 2.29. The van der Waals surface area contributed by atoms with Gasteiger partial charge in [0.25, 0.3) is 5.56 Å². The lowest BCUT2D eigenvalue weighted by Gasteiger charge is -2.34. The fraction of sp³-hybridized carbons (Fsp3) is 0.192. The number of hydrogen-bond acceptors (Lipinski definition) is 8. The minimum atomic E-state index is -1.05. The second-order valence-electron chi connectivity index (χ2n) is 8.77. The molecular weight excluding hydrogens is 494 g/mol. The molecule has 0 saturated carbocycles. The standard InChI is InChI=1S/C26H24F2N8O2/c1-3-21(37)31-16-5-4-6-17(13-16)36-15-30-25(38)18-14-29-26(33-24(18)36)32-19-7-8-20(23(28)22(19)27)35-11-9-34(2)10-12-35/h3-8,13-15H,1,9-12H2,2H3,(H,31,37)(H,29,32,33). The molecule has 1 saturated heterocycles. The van der Waals surface area contributed by atoms with Crippen LogP contribution >= 0.6 is 0 Å². The van der Waals surface area contributed by atoms with Gasteiger partial charge >= 0.3 is 0 Å². The number of nitrogens with one attached hydrogen (secondary N) is 2. The van der Waals surface area contributed by atoms with Gasteiger partial charge in [-0.05, 0) is 43.5 Å². The van der Waals surface area contributed by atoms with Crippen molar-refractivity contribution < 1.29 is 13.6 Å². The third kappa shape index (κ3) is 4.93. The van der Waals surface area contributed by atoms with Crippen molar-refractivity contribution in [1.82, 2.24) is 24.4 Å². The van der Waals surface area contributed by atoms with Crippen LogP contribution in [0.3, 0.4) is 0 Å². The van der Waals surface area contributed by atoms with Crippen LogP contribution in [-0.2, 0) is 4.79 Å². The van der Waals surface area contributed by atoms with Crippen molar-refractivity contribution in [3.63, 3.8) is 0 Å². The van der Waals surface area contributed by atoms with Crippen LogP contribution in [0.5, 0.6) is 0 Å². The van der Waals surface area contributed by atoms with Crippen molar-refractivity contribution in [2.75, 3.05) is 48.8 Å². The number of anilines is 4. The number of piperazine rings is 1. The number of nitrogens with zero attached hydrogens (tertiary/aromatic N) is 6. The van der Waals surface area contributed by atoms with Gasteiger partial charge in [-0.1, -0.05) is 12.6 Å². The quantitative estimate of drug-likeness (QED) is 0.375. The highest BCUT2D eigenvalue weighted by molar-refractivity contribution is 5.99. The van der Waals surface area contributed by atoms with Crippen LogP contribution in [-0.4, -0.2) is 63.6 Å². The zero-order valence-electron chi connectivity index (χ0n) is 20.5. The number of rotatable bonds is 6. The van der Waals surface area contributed by atoms with Crippen molar-refractivity contribution in [2.24, 2.45) is 0 Å². The van der Waals surface area contributed by atoms with Crippen LogP contribution in [0.15, 0.2) is 66.4 Å². The third-order valence-electron chi connectivity index (χ3n) is 6.25. The van der Waals surface area contributed by atoms with E-state index >= 15 is 4.39 Å². The van der Waals surface area contributed by atoms with Crippen LogP contribution in [0.25, 0.3) is 16.7 Å². The average Bonchev–Trinajstić information content (AvgIpc) is 2.92. The summed E-state index contributed by atoms with van der Waals surface area (Å²) in [6.45, 7) is 6.14. The maximum absolute atomic E-state index is 15.0. The van der Waals surface area contributed by atoms with Gasteiger partial charge in [0.15, 0.2) is 17.3 Å². The van der Waals surface area contributed by atoms with Gasteiger partial charge < -0.3 is 20.4 Å². The fourth-order valence-corrected chi connectivity index (χ4v) is 4.17. The van der Waals surface area contributed by atoms with Gasteiger partial charge in [0, 0.05) is 38.1 Å². The van der Waals surface area contributed by atoms with Crippen molar-refractivity contribution in [3.05, 3.63) is 83.6 Å². The van der Waals surface area contributed by atoms with Crippen molar-refractivity contribution in [3.8, 4) is 5.69 Å². The summed E-state index contributed by atoms with van der Waals surface area (Å²) in [7, 11) is 1.98. The van der Waals surface area contributed by atoms with Crippen LogP contribution in [0, 0.1) is 11.6 Å². The molecule has 4 aromatic rings. The number of fused-ring (bicyclic) bond motifs is 1. The van der Waals surface area contributed by atoms with E-state index < -0.39 is 17.2 Å². The van der Waals surface area contributed by atoms with Crippen LogP contribution in [0.2, 0.25) is 0 Å². The second kappa shape index (κ2) is 10.3. The van der Waals surface area contributed by atoms with E-state index in [2.05, 4.69) is 37.1 Å². The van der Waals surface area contributed by atoms with Gasteiger partial charge in [-0.3, -0.25) is 14.2 Å². The summed E-state index contributed by atoms with van der Waals surface area (Å²) in [5.74, 6) is -2.44. The van der Waals surface area contributed by atoms with E-state index in [0.717, 1.165) is 19.2 Å². The molecule has 2 aromatic heterocycles. The Labute approximate surface area is 216 Å². The summed E-state index contributed by atoms with van der Waals surface area (Å²) >= 11 is 0. The number of halogens is 2. The van der Waals surface area contributed by atoms with E-state index in [4.69, 9.17) is 0 Å². The largest absolute Gasteiger partial charge is 0.367 e. The van der Waals surface area contributed by atoms with Crippen LogP contribution < -0.4 is 21.1 Å². The SMILES string of the molecule is C=CC(=O)Nc1cccc(-n2cnc(=O)c3cnc(Nc4ccc(N5CCN(C)CC5)c(F)c4F)nc32)c1. The minimum absolute atomic E-state index is 0.0430. The average molecular weight is 519 g/mol. The maximum atomic E-state index is 15.0. The van der Waals surface area contributed by atoms with E-state index in [0.29, 0.717) is 24.5 Å². The Kier molecular flexibility index (Phi) is 6.79. The minimum Gasteiger partial charge on any atom is -0.367 e. The molecule has 194 valence electrons. The molecule has 0 bridgehead atoms. The predicted molar refractivity (Wildman–Crippen MR) is 141 cm³/mol. The molecule has 0 radical (unpaired) electrons. The number of benzene rings is 2. The molecule has 12 heteroatoms. The van der Waals surface area contributed by atoms with E-state index in [-0.39, 0.29) is 34.3 Å². The van der Waals surface area contributed by atoms with Gasteiger partial charge in [0.1, 0.15) is 11.7 Å². The molecule has 2 aromatic carbocycles. The van der Waals surface area contributed by atoms with E-state index in [1.165, 1.54) is 29.2 Å². The predicted octanol–water partition coefficient (Wildman–Crippen LogP) is 3.07. The molecule has 1 fully saturated rings. The molecule has 0 spiro atoms. The Morgan fingerprint density at radius 1 is 1.08 bits per heavy atom. The van der Waals surface area contributed by atoms with Gasteiger partial charge in [0.05, 0.1) is 17.1 Å². The van der Waals surface area contributed by atoms with E-state index in [9.17, 15) is 14.0 Å². The number of hydrogen-bond donors (Lipinski definition) is 2. The molecule has 3 heterocycles. The molecule has 5 rings (SSSR count). The molecule has 0 atom stereocenters. The Morgan fingerprint density at radius 3 is 2.63 bits per heavy atom. The Bertz CT molecular complexity index is 1600. The van der Waals surface area contributed by atoms with Gasteiger partial charge in [0.2, 0.25) is 11.9 Å². The van der Waals surface area contributed by atoms with E-state index in [1.807, 2.05) is 11.9 Å². The highest BCUT2D eigenvalue weighted by atomic mass is 19.2. The maximum Gasteiger partial charge on any atom is 0.283 e. The molecule has 1 aliphatic heterocycles. The Morgan fingerprint density at radius 2 is 1.87 bits per heavy atom. The van der Waals surface area contributed by atoms with Crippen molar-refractivity contribution in [1.29, 1.82) is 0 Å². The summed E-state index contributed by atoms with van der Waals surface area (Å²) in [6, 6.07) is 9.75. The van der Waals surface area contributed by atoms with Crippen molar-refractivity contribution >= 4 is 40.0 Å². The van der Waals surface area contributed by atoms with Gasteiger partial charge in [-0.2, -0.15) is 9.97 Å². The number of amides is 1. The summed E-state index contributed by atoms with van der Waals surface area (Å²) in [6.07, 6.45) is 3.71. The lowest BCUT2D eigenvalue weighted by atomic mass is 10.2. The third-order valence-corrected chi connectivity index (χ3v) is 6.25. The Hall–Kier alpha value is -4.71.